The monoisotopic (exact) mass is 268 g/mol. The first-order chi connectivity index (χ1) is 8.28. The average molecular weight is 268 g/mol. The van der Waals surface area contributed by atoms with Gasteiger partial charge in [0.1, 0.15) is 6.07 Å². The lowest BCUT2D eigenvalue weighted by Crippen LogP contribution is -2.20. The molecule has 0 atom stereocenters. The molecule has 0 spiro atoms. The molecule has 0 bridgehead atoms. The molecule has 1 heterocycles. The predicted octanol–water partition coefficient (Wildman–Crippen LogP) is 2.28. The van der Waals surface area contributed by atoms with E-state index in [2.05, 4.69) is 9.72 Å². The van der Waals surface area contributed by atoms with Crippen molar-refractivity contribution >= 4 is 0 Å². The summed E-state index contributed by atoms with van der Waals surface area (Å²) in [5.74, 6) is -1.35. The number of aromatic nitrogens is 1. The molecule has 1 aromatic rings. The normalized spacial score (nSPS) is 11.4. The standard InChI is InChI=1S/C9H5F5N2O2/c10-8(11)6-7(18-9(12,13)14)4(2-15)1-5(3-17)16-6/h1,8,17H,3H2. The summed E-state index contributed by atoms with van der Waals surface area (Å²) in [5.41, 5.74) is -2.46. The Morgan fingerprint density at radius 1 is 1.44 bits per heavy atom. The van der Waals surface area contributed by atoms with E-state index in [1.165, 1.54) is 6.07 Å². The highest BCUT2D eigenvalue weighted by Crippen LogP contribution is 2.34. The van der Waals surface area contributed by atoms with Crippen LogP contribution in [0.2, 0.25) is 0 Å². The number of alkyl halides is 5. The molecule has 1 N–H and O–H groups in total. The Morgan fingerprint density at radius 3 is 2.44 bits per heavy atom. The highest BCUT2D eigenvalue weighted by Gasteiger charge is 2.35. The van der Waals surface area contributed by atoms with Gasteiger partial charge in [0.05, 0.1) is 17.9 Å². The Balaban J connectivity index is 3.41. The molecule has 0 unspecified atom stereocenters. The second kappa shape index (κ2) is 5.14. The first-order valence-electron chi connectivity index (χ1n) is 4.37. The van der Waals surface area contributed by atoms with Crippen LogP contribution in [-0.2, 0) is 6.61 Å². The van der Waals surface area contributed by atoms with E-state index in [0.717, 1.165) is 6.07 Å². The van der Waals surface area contributed by atoms with Gasteiger partial charge in [0, 0.05) is 0 Å². The second-order valence-electron chi connectivity index (χ2n) is 2.99. The average Bonchev–Trinajstić information content (AvgIpc) is 2.26. The van der Waals surface area contributed by atoms with Gasteiger partial charge in [0.15, 0.2) is 11.4 Å². The molecular formula is C9H5F5N2O2. The minimum atomic E-state index is -5.22. The molecule has 0 saturated heterocycles. The van der Waals surface area contributed by atoms with E-state index in [1.54, 1.807) is 0 Å². The molecule has 0 saturated carbocycles. The van der Waals surface area contributed by atoms with Crippen LogP contribution in [0.3, 0.4) is 0 Å². The van der Waals surface area contributed by atoms with E-state index >= 15 is 0 Å². The number of nitriles is 1. The lowest BCUT2D eigenvalue weighted by molar-refractivity contribution is -0.275. The van der Waals surface area contributed by atoms with Crippen molar-refractivity contribution in [1.82, 2.24) is 4.98 Å². The van der Waals surface area contributed by atoms with Crippen LogP contribution in [0.1, 0.15) is 23.4 Å². The van der Waals surface area contributed by atoms with Gasteiger partial charge >= 0.3 is 6.36 Å². The van der Waals surface area contributed by atoms with Gasteiger partial charge in [-0.2, -0.15) is 5.26 Å². The van der Waals surface area contributed by atoms with E-state index in [-0.39, 0.29) is 5.69 Å². The van der Waals surface area contributed by atoms with Crippen LogP contribution >= 0.6 is 0 Å². The molecular weight excluding hydrogens is 263 g/mol. The molecule has 18 heavy (non-hydrogen) atoms. The fraction of sp³-hybridized carbons (Fsp3) is 0.333. The van der Waals surface area contributed by atoms with Crippen LogP contribution in [0.4, 0.5) is 22.0 Å². The molecule has 9 heteroatoms. The number of hydrogen-bond donors (Lipinski definition) is 1. The van der Waals surface area contributed by atoms with E-state index in [4.69, 9.17) is 10.4 Å². The lowest BCUT2D eigenvalue weighted by atomic mass is 10.2. The second-order valence-corrected chi connectivity index (χ2v) is 2.99. The first-order valence-corrected chi connectivity index (χ1v) is 4.37. The summed E-state index contributed by atoms with van der Waals surface area (Å²) in [5, 5.41) is 17.3. The van der Waals surface area contributed by atoms with Crippen molar-refractivity contribution in [2.24, 2.45) is 0 Å². The molecule has 0 radical (unpaired) electrons. The number of pyridine rings is 1. The fourth-order valence-corrected chi connectivity index (χ4v) is 1.14. The molecule has 0 aliphatic carbocycles. The van der Waals surface area contributed by atoms with Crippen LogP contribution in [-0.4, -0.2) is 16.5 Å². The van der Waals surface area contributed by atoms with Crippen LogP contribution < -0.4 is 4.74 Å². The summed E-state index contributed by atoms with van der Waals surface area (Å²) < 4.78 is 64.5. The minimum Gasteiger partial charge on any atom is -0.402 e. The molecule has 0 aliphatic heterocycles. The Kier molecular flexibility index (Phi) is 4.03. The number of halogens is 5. The molecule has 1 aromatic heterocycles. The number of rotatable bonds is 3. The zero-order valence-corrected chi connectivity index (χ0v) is 8.50. The van der Waals surface area contributed by atoms with Gasteiger partial charge in [-0.1, -0.05) is 0 Å². The Morgan fingerprint density at radius 2 is 2.06 bits per heavy atom. The van der Waals surface area contributed by atoms with Gasteiger partial charge in [0.2, 0.25) is 0 Å². The van der Waals surface area contributed by atoms with E-state index in [9.17, 15) is 22.0 Å². The fourth-order valence-electron chi connectivity index (χ4n) is 1.14. The third-order valence-electron chi connectivity index (χ3n) is 1.76. The molecule has 98 valence electrons. The SMILES string of the molecule is N#Cc1cc(CO)nc(C(F)F)c1OC(F)(F)F. The zero-order chi connectivity index (χ0) is 13.9. The Bertz CT molecular complexity index is 481. The van der Waals surface area contributed by atoms with E-state index in [0.29, 0.717) is 0 Å². The number of nitrogens with zero attached hydrogens (tertiary/aromatic N) is 2. The van der Waals surface area contributed by atoms with E-state index < -0.39 is 36.4 Å². The van der Waals surface area contributed by atoms with Crippen molar-refractivity contribution in [3.05, 3.63) is 23.0 Å². The Labute approximate surface area is 97.2 Å². The van der Waals surface area contributed by atoms with Gasteiger partial charge in [-0.25, -0.2) is 13.8 Å². The predicted molar refractivity (Wildman–Crippen MR) is 46.5 cm³/mol. The summed E-state index contributed by atoms with van der Waals surface area (Å²) in [6.45, 7) is -0.791. The Hall–Kier alpha value is -1.95. The summed E-state index contributed by atoms with van der Waals surface area (Å²) in [4.78, 5) is 3.11. The third-order valence-corrected chi connectivity index (χ3v) is 1.76. The summed E-state index contributed by atoms with van der Waals surface area (Å²) in [6, 6.07) is 2.02. The van der Waals surface area contributed by atoms with Crippen molar-refractivity contribution in [3.63, 3.8) is 0 Å². The van der Waals surface area contributed by atoms with Crippen LogP contribution in [0.15, 0.2) is 6.07 Å². The summed E-state index contributed by atoms with van der Waals surface area (Å²) >= 11 is 0. The number of ether oxygens (including phenoxy) is 1. The largest absolute Gasteiger partial charge is 0.573 e. The topological polar surface area (TPSA) is 66.1 Å². The minimum absolute atomic E-state index is 0.351. The van der Waals surface area contributed by atoms with Crippen molar-refractivity contribution < 1.29 is 31.8 Å². The maximum atomic E-state index is 12.5. The maximum absolute atomic E-state index is 12.5. The number of aliphatic hydroxyl groups excluding tert-OH is 1. The highest BCUT2D eigenvalue weighted by molar-refractivity contribution is 5.47. The number of aliphatic hydroxyl groups is 1. The summed E-state index contributed by atoms with van der Waals surface area (Å²) in [7, 11) is 0. The molecule has 0 amide bonds. The third kappa shape index (κ3) is 3.27. The van der Waals surface area contributed by atoms with Crippen LogP contribution in [0.5, 0.6) is 5.75 Å². The lowest BCUT2D eigenvalue weighted by Gasteiger charge is -2.14. The molecule has 4 nitrogen and oxygen atoms in total. The van der Waals surface area contributed by atoms with Crippen molar-refractivity contribution in [2.45, 2.75) is 19.4 Å². The first kappa shape index (κ1) is 14.1. The van der Waals surface area contributed by atoms with Crippen LogP contribution in [0.25, 0.3) is 0 Å². The van der Waals surface area contributed by atoms with Crippen molar-refractivity contribution in [3.8, 4) is 11.8 Å². The molecule has 1 rings (SSSR count). The highest BCUT2D eigenvalue weighted by atomic mass is 19.4. The van der Waals surface area contributed by atoms with Gasteiger partial charge < -0.3 is 9.84 Å². The van der Waals surface area contributed by atoms with Gasteiger partial charge in [-0.3, -0.25) is 0 Å². The molecule has 0 aromatic carbocycles. The van der Waals surface area contributed by atoms with Gasteiger partial charge in [-0.05, 0) is 6.07 Å². The zero-order valence-electron chi connectivity index (χ0n) is 8.50. The smallest absolute Gasteiger partial charge is 0.402 e. The number of hydrogen-bond acceptors (Lipinski definition) is 4. The van der Waals surface area contributed by atoms with Crippen LogP contribution in [0, 0.1) is 11.3 Å². The van der Waals surface area contributed by atoms with Crippen molar-refractivity contribution in [2.75, 3.05) is 0 Å². The summed E-state index contributed by atoms with van der Waals surface area (Å²) in [6.07, 6.45) is -8.60. The molecule has 0 fully saturated rings. The van der Waals surface area contributed by atoms with Gasteiger partial charge in [0.25, 0.3) is 6.43 Å². The quantitative estimate of drug-likeness (QED) is 0.854. The van der Waals surface area contributed by atoms with Crippen molar-refractivity contribution in [1.29, 1.82) is 5.26 Å². The van der Waals surface area contributed by atoms with E-state index in [1.807, 2.05) is 0 Å². The van der Waals surface area contributed by atoms with Gasteiger partial charge in [-0.15, -0.1) is 13.2 Å². The molecule has 0 aliphatic rings. The maximum Gasteiger partial charge on any atom is 0.573 e.